The fraction of sp³-hybridized carbons (Fsp3) is 1.00. The van der Waals surface area contributed by atoms with Crippen molar-refractivity contribution in [3.63, 3.8) is 0 Å². The van der Waals surface area contributed by atoms with Crippen LogP contribution in [0.4, 0.5) is 92.2 Å². The van der Waals surface area contributed by atoms with Crippen LogP contribution in [0.25, 0.3) is 0 Å². The maximum Gasteiger partial charge on any atom is 0.381 e. The molecule has 0 heterocycles. The van der Waals surface area contributed by atoms with E-state index in [1.165, 1.54) is 0 Å². The molecule has 5 atom stereocenters. The fourth-order valence-corrected chi connectivity index (χ4v) is 4.15. The first-order valence-electron chi connectivity index (χ1n) is 8.58. The Morgan fingerprint density at radius 3 is 0.917 bits per heavy atom. The van der Waals surface area contributed by atoms with E-state index in [4.69, 9.17) is 0 Å². The van der Waals surface area contributed by atoms with Crippen LogP contribution in [0, 0.1) is 0 Å². The van der Waals surface area contributed by atoms with Crippen LogP contribution >= 0.6 is 0 Å². The van der Waals surface area contributed by atoms with Gasteiger partial charge in [0.25, 0.3) is 5.67 Å². The monoisotopic (exact) mass is 586 g/mol. The Kier molecular flexibility index (Phi) is 5.61. The number of hydrogen-bond donors (Lipinski definition) is 0. The van der Waals surface area contributed by atoms with Gasteiger partial charge in [-0.3, -0.25) is 0 Å². The first kappa shape index (κ1) is 30.8. The minimum Gasteiger partial charge on any atom is -0.234 e. The molecule has 0 spiro atoms. The molecular weight excluding hydrogens is 579 g/mol. The van der Waals surface area contributed by atoms with Crippen molar-refractivity contribution in [2.45, 2.75) is 90.1 Å². The van der Waals surface area contributed by atoms with E-state index in [-0.39, 0.29) is 0 Å². The summed E-state index contributed by atoms with van der Waals surface area (Å²) >= 11 is 0. The summed E-state index contributed by atoms with van der Waals surface area (Å²) in [6.45, 7) is -3.86. The SMILES string of the molecule is CC1(F)C(F)(F)C(F)(F)C(F)(F)C(F)(F)C(F)C(F)(F)C2(F)C(F)(F)C(F)(F)C(F)(F)C(C)(F)C12F. The van der Waals surface area contributed by atoms with Crippen molar-refractivity contribution in [1.82, 2.24) is 0 Å². The number of fused-ring (bicyclic) bond motifs is 1. The average molecular weight is 586 g/mol. The van der Waals surface area contributed by atoms with Crippen LogP contribution in [0.2, 0.25) is 0 Å². The summed E-state index contributed by atoms with van der Waals surface area (Å²) in [5.74, 6) is -67.0. The van der Waals surface area contributed by atoms with Crippen LogP contribution in [-0.2, 0) is 0 Å². The maximum atomic E-state index is 15.6. The molecule has 36 heavy (non-hydrogen) atoms. The van der Waals surface area contributed by atoms with Crippen LogP contribution in [0.5, 0.6) is 0 Å². The van der Waals surface area contributed by atoms with Crippen molar-refractivity contribution in [3.8, 4) is 0 Å². The molecule has 0 nitrogen and oxygen atoms in total. The lowest BCUT2D eigenvalue weighted by Crippen LogP contribution is -2.94. The molecule has 0 aromatic heterocycles. The quantitative estimate of drug-likeness (QED) is 0.262. The predicted molar refractivity (Wildman–Crippen MR) is 71.2 cm³/mol. The number of rotatable bonds is 0. The first-order chi connectivity index (χ1) is 15.2. The first-order valence-corrected chi connectivity index (χ1v) is 8.58. The van der Waals surface area contributed by atoms with Crippen molar-refractivity contribution in [3.05, 3.63) is 0 Å². The van der Waals surface area contributed by atoms with Gasteiger partial charge in [-0.15, -0.1) is 0 Å². The van der Waals surface area contributed by atoms with Gasteiger partial charge in [0.15, 0.2) is 0 Å². The van der Waals surface area contributed by atoms with E-state index < -0.39 is 90.1 Å². The molecule has 0 aromatic rings. The van der Waals surface area contributed by atoms with Crippen LogP contribution in [0.3, 0.4) is 0 Å². The van der Waals surface area contributed by atoms with Gasteiger partial charge < -0.3 is 0 Å². The van der Waals surface area contributed by atoms with E-state index in [1.807, 2.05) is 0 Å². The van der Waals surface area contributed by atoms with Gasteiger partial charge in [0.2, 0.25) is 23.2 Å². The van der Waals surface area contributed by atoms with Gasteiger partial charge in [0, 0.05) is 0 Å². The van der Waals surface area contributed by atoms with Gasteiger partial charge in [-0.2, -0.15) is 70.2 Å². The second-order valence-corrected chi connectivity index (χ2v) is 8.38. The number of halogens is 21. The Hall–Kier alpha value is -1.47. The fourth-order valence-electron chi connectivity index (χ4n) is 4.15. The Morgan fingerprint density at radius 1 is 0.333 bits per heavy atom. The lowest BCUT2D eigenvalue weighted by Gasteiger charge is -2.62. The van der Waals surface area contributed by atoms with Crippen molar-refractivity contribution < 1.29 is 92.2 Å². The molecule has 2 saturated carbocycles. The van der Waals surface area contributed by atoms with Gasteiger partial charge in [-0.25, -0.2) is 22.0 Å². The Morgan fingerprint density at radius 2 is 0.611 bits per heavy atom. The van der Waals surface area contributed by atoms with Gasteiger partial charge in [0.1, 0.15) is 0 Å². The van der Waals surface area contributed by atoms with Crippen LogP contribution in [0.1, 0.15) is 13.8 Å². The molecule has 214 valence electrons. The molecule has 0 bridgehead atoms. The van der Waals surface area contributed by atoms with E-state index in [9.17, 15) is 83.4 Å². The molecule has 0 amide bonds. The standard InChI is InChI=1S/C15H7F21/c1-4(17)8(23)5(2,18)11(27,28)15(35,36)13(31,32)9(8,24)6(19,20)3(16)7(21,22)12(29,30)14(33,34)10(4,25)26/h3H,1-2H3. The Labute approximate surface area is 183 Å². The third-order valence-electron chi connectivity index (χ3n) is 6.47. The lowest BCUT2D eigenvalue weighted by molar-refractivity contribution is -0.488. The second-order valence-electron chi connectivity index (χ2n) is 8.38. The molecule has 2 aliphatic carbocycles. The molecule has 2 rings (SSSR count). The molecular formula is C15H7F21. The lowest BCUT2D eigenvalue weighted by atomic mass is 9.52. The molecule has 5 unspecified atom stereocenters. The van der Waals surface area contributed by atoms with E-state index in [0.717, 1.165) is 0 Å². The molecule has 0 aliphatic heterocycles. The van der Waals surface area contributed by atoms with E-state index >= 15 is 8.78 Å². The maximum absolute atomic E-state index is 15.6. The zero-order chi connectivity index (χ0) is 29.6. The summed E-state index contributed by atoms with van der Waals surface area (Å²) in [5.41, 5.74) is -32.2. The highest BCUT2D eigenvalue weighted by atomic mass is 19.4. The van der Waals surface area contributed by atoms with E-state index in [2.05, 4.69) is 0 Å². The van der Waals surface area contributed by atoms with Crippen molar-refractivity contribution in [2.75, 3.05) is 0 Å². The summed E-state index contributed by atoms with van der Waals surface area (Å²) in [6.07, 6.45) is -7.21. The van der Waals surface area contributed by atoms with Gasteiger partial charge >= 0.3 is 47.4 Å². The van der Waals surface area contributed by atoms with Crippen molar-refractivity contribution in [2.24, 2.45) is 0 Å². The highest BCUT2D eigenvalue weighted by Gasteiger charge is 3.09. The highest BCUT2D eigenvalue weighted by molar-refractivity contribution is 5.42. The molecule has 0 aromatic carbocycles. The van der Waals surface area contributed by atoms with Crippen LogP contribution < -0.4 is 0 Å². The van der Waals surface area contributed by atoms with Crippen LogP contribution in [0.15, 0.2) is 0 Å². The molecule has 21 heteroatoms. The zero-order valence-electron chi connectivity index (χ0n) is 16.5. The number of alkyl halides is 21. The van der Waals surface area contributed by atoms with Gasteiger partial charge in [-0.05, 0) is 13.8 Å². The van der Waals surface area contributed by atoms with Gasteiger partial charge in [0.05, 0.1) is 0 Å². The van der Waals surface area contributed by atoms with Crippen molar-refractivity contribution in [1.29, 1.82) is 0 Å². The third-order valence-corrected chi connectivity index (χ3v) is 6.47. The number of hydrogen-bond acceptors (Lipinski definition) is 0. The highest BCUT2D eigenvalue weighted by Crippen LogP contribution is 2.78. The topological polar surface area (TPSA) is 0 Å². The average Bonchev–Trinajstić information content (AvgIpc) is 2.68. The summed E-state index contributed by atoms with van der Waals surface area (Å²) in [4.78, 5) is 0. The predicted octanol–water partition coefficient (Wildman–Crippen LogP) is 7.31. The van der Waals surface area contributed by atoms with E-state index in [1.54, 1.807) is 0 Å². The minimum absolute atomic E-state index is 1.84. The molecule has 2 aliphatic rings. The Bertz CT molecular complexity index is 930. The summed E-state index contributed by atoms with van der Waals surface area (Å²) in [6, 6.07) is 0. The molecule has 0 saturated heterocycles. The van der Waals surface area contributed by atoms with Crippen LogP contribution in [-0.4, -0.2) is 76.2 Å². The summed E-state index contributed by atoms with van der Waals surface area (Å²) < 4.78 is 299. The van der Waals surface area contributed by atoms with Gasteiger partial charge in [-0.1, -0.05) is 0 Å². The molecule has 0 radical (unpaired) electrons. The molecule has 2 fully saturated rings. The minimum atomic E-state index is -8.77. The summed E-state index contributed by atoms with van der Waals surface area (Å²) in [7, 11) is 0. The third kappa shape index (κ3) is 2.30. The summed E-state index contributed by atoms with van der Waals surface area (Å²) in [5, 5.41) is 0. The smallest absolute Gasteiger partial charge is 0.234 e. The zero-order valence-corrected chi connectivity index (χ0v) is 16.5. The second kappa shape index (κ2) is 6.56. The normalized spacial score (nSPS) is 47.6. The van der Waals surface area contributed by atoms with E-state index in [0.29, 0.717) is 0 Å². The van der Waals surface area contributed by atoms with Crippen molar-refractivity contribution >= 4 is 0 Å². The molecule has 0 N–H and O–H groups in total. The largest absolute Gasteiger partial charge is 0.381 e. The Balaban J connectivity index is 3.44.